The molecule has 5 heteroatoms. The molecular formula is C7H10N2O2S. The predicted octanol–water partition coefficient (Wildman–Crippen LogP) is -0.115. The molecule has 0 fully saturated rings. The molecule has 1 aromatic heterocycles. The molecule has 0 bridgehead atoms. The van der Waals surface area contributed by atoms with Gasteiger partial charge in [-0.1, -0.05) is 6.07 Å². The zero-order chi connectivity index (χ0) is 9.19. The quantitative estimate of drug-likeness (QED) is 0.614. The Balaban J connectivity index is 3.39. The number of rotatable bonds is 1. The summed E-state index contributed by atoms with van der Waals surface area (Å²) in [5, 5.41) is 0. The van der Waals surface area contributed by atoms with E-state index in [1.54, 1.807) is 36.0 Å². The standard InChI is InChI=1S/C7H10N2O2S/c1-9-6-4-3-5-7(9)8-12(2,10)11/h3-6H,1-2H3/b8-7+. The van der Waals surface area contributed by atoms with Crippen LogP contribution in [-0.4, -0.2) is 19.2 Å². The number of hydrogen-bond donors (Lipinski definition) is 0. The SMILES string of the molecule is Cn1cccc/c1=N\S(C)(=O)=O. The van der Waals surface area contributed by atoms with Crippen LogP contribution < -0.4 is 5.49 Å². The first-order chi connectivity index (χ1) is 5.49. The second kappa shape index (κ2) is 3.10. The molecule has 12 heavy (non-hydrogen) atoms. The molecule has 1 heterocycles. The molecular weight excluding hydrogens is 176 g/mol. The van der Waals surface area contributed by atoms with E-state index in [-0.39, 0.29) is 0 Å². The molecule has 0 amide bonds. The van der Waals surface area contributed by atoms with Gasteiger partial charge in [-0.05, 0) is 12.1 Å². The van der Waals surface area contributed by atoms with Crippen LogP contribution in [0.5, 0.6) is 0 Å². The van der Waals surface area contributed by atoms with E-state index in [0.29, 0.717) is 5.49 Å². The van der Waals surface area contributed by atoms with Crippen molar-refractivity contribution >= 4 is 10.0 Å². The van der Waals surface area contributed by atoms with E-state index in [4.69, 9.17) is 0 Å². The van der Waals surface area contributed by atoms with Crippen LogP contribution >= 0.6 is 0 Å². The molecule has 0 N–H and O–H groups in total. The Morgan fingerprint density at radius 3 is 2.58 bits per heavy atom. The van der Waals surface area contributed by atoms with Gasteiger partial charge in [-0.3, -0.25) is 0 Å². The van der Waals surface area contributed by atoms with E-state index in [0.717, 1.165) is 6.26 Å². The van der Waals surface area contributed by atoms with Gasteiger partial charge in [0.2, 0.25) is 0 Å². The molecule has 0 unspecified atom stereocenters. The summed E-state index contributed by atoms with van der Waals surface area (Å²) in [6, 6.07) is 5.19. The molecule has 0 radical (unpaired) electrons. The lowest BCUT2D eigenvalue weighted by molar-refractivity contribution is 0.601. The van der Waals surface area contributed by atoms with Crippen LogP contribution in [-0.2, 0) is 17.1 Å². The number of hydrogen-bond acceptors (Lipinski definition) is 2. The first kappa shape index (κ1) is 8.99. The summed E-state index contributed by atoms with van der Waals surface area (Å²) < 4.78 is 26.7. The summed E-state index contributed by atoms with van der Waals surface area (Å²) in [7, 11) is -1.56. The van der Waals surface area contributed by atoms with Gasteiger partial charge in [-0.25, -0.2) is 8.42 Å². The van der Waals surface area contributed by atoms with Gasteiger partial charge in [0, 0.05) is 13.2 Å². The van der Waals surface area contributed by atoms with Gasteiger partial charge >= 0.3 is 0 Å². The van der Waals surface area contributed by atoms with E-state index < -0.39 is 10.0 Å². The highest BCUT2D eigenvalue weighted by molar-refractivity contribution is 7.89. The van der Waals surface area contributed by atoms with Crippen LogP contribution in [0.2, 0.25) is 0 Å². The zero-order valence-electron chi connectivity index (χ0n) is 6.93. The first-order valence-electron chi connectivity index (χ1n) is 3.37. The number of nitrogens with zero attached hydrogens (tertiary/aromatic N) is 2. The predicted molar refractivity (Wildman–Crippen MR) is 45.8 cm³/mol. The molecule has 0 atom stereocenters. The first-order valence-corrected chi connectivity index (χ1v) is 5.21. The maximum Gasteiger partial charge on any atom is 0.252 e. The zero-order valence-corrected chi connectivity index (χ0v) is 7.75. The minimum atomic E-state index is -3.30. The maximum atomic E-state index is 10.8. The third kappa shape index (κ3) is 2.50. The third-order valence-electron chi connectivity index (χ3n) is 1.29. The Morgan fingerprint density at radius 2 is 2.08 bits per heavy atom. The van der Waals surface area contributed by atoms with Crippen molar-refractivity contribution in [1.29, 1.82) is 0 Å². The van der Waals surface area contributed by atoms with Crippen LogP contribution in [0.1, 0.15) is 0 Å². The van der Waals surface area contributed by atoms with Crippen molar-refractivity contribution in [2.24, 2.45) is 11.4 Å². The number of sulfonamides is 1. The lowest BCUT2D eigenvalue weighted by atomic mass is 10.5. The monoisotopic (exact) mass is 186 g/mol. The molecule has 0 aromatic carbocycles. The van der Waals surface area contributed by atoms with Gasteiger partial charge in [0.1, 0.15) is 5.49 Å². The van der Waals surface area contributed by atoms with E-state index >= 15 is 0 Å². The molecule has 0 aliphatic heterocycles. The highest BCUT2D eigenvalue weighted by Crippen LogP contribution is 1.82. The lowest BCUT2D eigenvalue weighted by Crippen LogP contribution is -2.17. The molecule has 0 spiro atoms. The summed E-state index contributed by atoms with van der Waals surface area (Å²) in [5.74, 6) is 0. The van der Waals surface area contributed by atoms with Crippen LogP contribution in [0.4, 0.5) is 0 Å². The Bertz CT molecular complexity index is 431. The fourth-order valence-electron chi connectivity index (χ4n) is 0.779. The van der Waals surface area contributed by atoms with E-state index in [1.807, 2.05) is 0 Å². The number of aromatic nitrogens is 1. The van der Waals surface area contributed by atoms with Crippen molar-refractivity contribution in [3.05, 3.63) is 29.9 Å². The van der Waals surface area contributed by atoms with Crippen molar-refractivity contribution in [1.82, 2.24) is 4.57 Å². The second-order valence-electron chi connectivity index (χ2n) is 2.49. The summed E-state index contributed by atoms with van der Waals surface area (Å²) in [6.07, 6.45) is 2.81. The summed E-state index contributed by atoms with van der Waals surface area (Å²) in [4.78, 5) is 0. The minimum absolute atomic E-state index is 0.431. The van der Waals surface area contributed by atoms with Crippen molar-refractivity contribution in [3.8, 4) is 0 Å². The molecule has 4 nitrogen and oxygen atoms in total. The normalized spacial score (nSPS) is 13.3. The minimum Gasteiger partial charge on any atom is -0.335 e. The highest BCUT2D eigenvalue weighted by Gasteiger charge is 1.94. The van der Waals surface area contributed by atoms with Crippen molar-refractivity contribution in [3.63, 3.8) is 0 Å². The van der Waals surface area contributed by atoms with Crippen molar-refractivity contribution in [2.45, 2.75) is 0 Å². The Morgan fingerprint density at radius 1 is 1.42 bits per heavy atom. The summed E-state index contributed by atoms with van der Waals surface area (Å²) in [6.45, 7) is 0. The molecule has 1 aromatic rings. The molecule has 0 aliphatic rings. The smallest absolute Gasteiger partial charge is 0.252 e. The van der Waals surface area contributed by atoms with Crippen LogP contribution in [0.25, 0.3) is 0 Å². The number of pyridine rings is 1. The van der Waals surface area contributed by atoms with Gasteiger partial charge < -0.3 is 4.57 Å². The van der Waals surface area contributed by atoms with Crippen LogP contribution in [0.3, 0.4) is 0 Å². The summed E-state index contributed by atoms with van der Waals surface area (Å²) >= 11 is 0. The lowest BCUT2D eigenvalue weighted by Gasteiger charge is -1.96. The molecule has 0 aliphatic carbocycles. The highest BCUT2D eigenvalue weighted by atomic mass is 32.2. The van der Waals surface area contributed by atoms with E-state index in [9.17, 15) is 8.42 Å². The fourth-order valence-corrected chi connectivity index (χ4v) is 1.31. The molecule has 66 valence electrons. The van der Waals surface area contributed by atoms with Gasteiger partial charge in [0.05, 0.1) is 6.26 Å². The van der Waals surface area contributed by atoms with E-state index in [1.165, 1.54) is 0 Å². The van der Waals surface area contributed by atoms with Crippen molar-refractivity contribution < 1.29 is 8.42 Å². The maximum absolute atomic E-state index is 10.8. The van der Waals surface area contributed by atoms with E-state index in [2.05, 4.69) is 4.40 Å². The average Bonchev–Trinajstić information content (AvgIpc) is 1.91. The topological polar surface area (TPSA) is 51.4 Å². The van der Waals surface area contributed by atoms with Gasteiger partial charge in [-0.2, -0.15) is 0 Å². The van der Waals surface area contributed by atoms with Gasteiger partial charge in [-0.15, -0.1) is 4.40 Å². The van der Waals surface area contributed by atoms with Crippen LogP contribution in [0, 0.1) is 0 Å². The second-order valence-corrected chi connectivity index (χ2v) is 4.14. The van der Waals surface area contributed by atoms with Crippen LogP contribution in [0.15, 0.2) is 28.8 Å². The third-order valence-corrected chi connectivity index (χ3v) is 1.81. The Kier molecular flexibility index (Phi) is 2.32. The largest absolute Gasteiger partial charge is 0.335 e. The van der Waals surface area contributed by atoms with Gasteiger partial charge in [0.15, 0.2) is 0 Å². The molecule has 0 saturated heterocycles. The van der Waals surface area contributed by atoms with Crippen molar-refractivity contribution in [2.75, 3.05) is 6.26 Å². The molecule has 0 saturated carbocycles. The van der Waals surface area contributed by atoms with Gasteiger partial charge in [0.25, 0.3) is 10.0 Å². The number of aryl methyl sites for hydroxylation is 1. The average molecular weight is 186 g/mol. The molecule has 1 rings (SSSR count). The summed E-state index contributed by atoms with van der Waals surface area (Å²) in [5.41, 5.74) is 0.431. The Labute approximate surface area is 71.2 Å². The fraction of sp³-hybridized carbons (Fsp3) is 0.286. The Hall–Kier alpha value is -1.10.